The Labute approximate surface area is 115 Å². The molecule has 0 atom stereocenters. The number of anilines is 1. The Morgan fingerprint density at radius 3 is 2.65 bits per heavy atom. The van der Waals surface area contributed by atoms with Crippen molar-refractivity contribution in [1.29, 1.82) is 0 Å². The topological polar surface area (TPSA) is 76.7 Å². The second kappa shape index (κ2) is 5.48. The molecule has 6 nitrogen and oxygen atoms in total. The predicted octanol–water partition coefficient (Wildman–Crippen LogP) is 2.45. The van der Waals surface area contributed by atoms with E-state index in [0.29, 0.717) is 18.3 Å². The van der Waals surface area contributed by atoms with E-state index in [1.54, 1.807) is 25.5 Å². The van der Waals surface area contributed by atoms with Crippen molar-refractivity contribution in [2.75, 3.05) is 5.32 Å². The third kappa shape index (κ3) is 2.80. The summed E-state index contributed by atoms with van der Waals surface area (Å²) >= 11 is 0. The van der Waals surface area contributed by atoms with Gasteiger partial charge in [0.25, 0.3) is 5.89 Å². The molecule has 3 aromatic heterocycles. The number of hydrogen-bond acceptors (Lipinski definition) is 6. The molecule has 0 bridgehead atoms. The van der Waals surface area contributed by atoms with E-state index >= 15 is 0 Å². The Kier molecular flexibility index (Phi) is 3.36. The van der Waals surface area contributed by atoms with Gasteiger partial charge in [0.15, 0.2) is 5.82 Å². The zero-order chi connectivity index (χ0) is 13.8. The van der Waals surface area contributed by atoms with Crippen molar-refractivity contribution in [3.63, 3.8) is 0 Å². The van der Waals surface area contributed by atoms with Crippen LogP contribution in [0.2, 0.25) is 0 Å². The molecule has 0 unspecified atom stereocenters. The van der Waals surface area contributed by atoms with Crippen LogP contribution >= 0.6 is 0 Å². The fourth-order valence-electron chi connectivity index (χ4n) is 1.73. The molecule has 6 heteroatoms. The molecule has 1 N–H and O–H groups in total. The van der Waals surface area contributed by atoms with Gasteiger partial charge in [-0.25, -0.2) is 4.98 Å². The molecule has 0 radical (unpaired) electrons. The van der Waals surface area contributed by atoms with Crippen molar-refractivity contribution in [3.05, 3.63) is 54.2 Å². The number of nitrogens with zero attached hydrogens (tertiary/aromatic N) is 4. The van der Waals surface area contributed by atoms with E-state index in [1.165, 1.54) is 0 Å². The first-order valence-electron chi connectivity index (χ1n) is 6.21. The third-order valence-corrected chi connectivity index (χ3v) is 2.76. The van der Waals surface area contributed by atoms with Crippen LogP contribution in [0.25, 0.3) is 11.5 Å². The summed E-state index contributed by atoms with van der Waals surface area (Å²) in [4.78, 5) is 12.5. The van der Waals surface area contributed by atoms with Crippen molar-refractivity contribution < 1.29 is 4.52 Å². The van der Waals surface area contributed by atoms with Gasteiger partial charge in [-0.05, 0) is 36.8 Å². The molecule has 0 aliphatic rings. The summed E-state index contributed by atoms with van der Waals surface area (Å²) < 4.78 is 5.09. The van der Waals surface area contributed by atoms with Crippen molar-refractivity contribution in [3.8, 4) is 11.5 Å². The largest absolute Gasteiger partial charge is 0.366 e. The zero-order valence-electron chi connectivity index (χ0n) is 10.9. The van der Waals surface area contributed by atoms with Gasteiger partial charge in [-0.1, -0.05) is 5.16 Å². The van der Waals surface area contributed by atoms with Gasteiger partial charge in [0.1, 0.15) is 5.82 Å². The van der Waals surface area contributed by atoms with Gasteiger partial charge < -0.3 is 9.84 Å². The number of nitrogens with one attached hydrogen (secondary N) is 1. The Hall–Kier alpha value is -2.76. The van der Waals surface area contributed by atoms with Gasteiger partial charge in [0.05, 0.1) is 5.56 Å². The average molecular weight is 267 g/mol. The molecular weight excluding hydrogens is 254 g/mol. The first kappa shape index (κ1) is 12.3. The van der Waals surface area contributed by atoms with E-state index in [0.717, 1.165) is 16.9 Å². The molecule has 0 fully saturated rings. The lowest BCUT2D eigenvalue weighted by Gasteiger charge is -2.05. The summed E-state index contributed by atoms with van der Waals surface area (Å²) in [5, 5.41) is 7.00. The Balaban J connectivity index is 1.67. The van der Waals surface area contributed by atoms with Gasteiger partial charge in [0.2, 0.25) is 0 Å². The van der Waals surface area contributed by atoms with Crippen LogP contribution in [0.4, 0.5) is 5.82 Å². The summed E-state index contributed by atoms with van der Waals surface area (Å²) in [6.45, 7) is 2.49. The maximum Gasteiger partial charge on any atom is 0.259 e. The maximum atomic E-state index is 5.09. The minimum absolute atomic E-state index is 0.482. The summed E-state index contributed by atoms with van der Waals surface area (Å²) in [7, 11) is 0. The number of pyridine rings is 2. The second-order valence-corrected chi connectivity index (χ2v) is 4.29. The maximum absolute atomic E-state index is 5.09. The van der Waals surface area contributed by atoms with Crippen molar-refractivity contribution in [2.24, 2.45) is 0 Å². The molecule has 3 rings (SSSR count). The highest BCUT2D eigenvalue weighted by molar-refractivity contribution is 5.54. The highest BCUT2D eigenvalue weighted by atomic mass is 16.5. The lowest BCUT2D eigenvalue weighted by molar-refractivity contribution is 0.425. The van der Waals surface area contributed by atoms with E-state index in [-0.39, 0.29) is 0 Å². The van der Waals surface area contributed by atoms with Crippen LogP contribution < -0.4 is 5.32 Å². The highest BCUT2D eigenvalue weighted by Crippen LogP contribution is 2.17. The van der Waals surface area contributed by atoms with Gasteiger partial charge in [-0.2, -0.15) is 4.98 Å². The summed E-state index contributed by atoms with van der Waals surface area (Å²) in [6.07, 6.45) is 5.25. The van der Waals surface area contributed by atoms with E-state index in [9.17, 15) is 0 Å². The smallest absolute Gasteiger partial charge is 0.259 e. The number of rotatable bonds is 4. The summed E-state index contributed by atoms with van der Waals surface area (Å²) in [5.74, 6) is 1.89. The van der Waals surface area contributed by atoms with Crippen LogP contribution in [0.3, 0.4) is 0 Å². The lowest BCUT2D eigenvalue weighted by atomic mass is 10.2. The zero-order valence-corrected chi connectivity index (χ0v) is 10.9. The molecule has 0 saturated carbocycles. The van der Waals surface area contributed by atoms with Crippen LogP contribution in [-0.4, -0.2) is 20.1 Å². The van der Waals surface area contributed by atoms with Crippen molar-refractivity contribution >= 4 is 5.82 Å². The number of aromatic nitrogens is 4. The highest BCUT2D eigenvalue weighted by Gasteiger charge is 2.06. The SMILES string of the molecule is Cc1noc(-c2ccc(NCc3ccncc3)nc2)n1. The number of aryl methyl sites for hydroxylation is 1. The summed E-state index contributed by atoms with van der Waals surface area (Å²) in [6, 6.07) is 7.70. The van der Waals surface area contributed by atoms with Crippen LogP contribution in [0.1, 0.15) is 11.4 Å². The minimum Gasteiger partial charge on any atom is -0.366 e. The molecule has 0 aromatic carbocycles. The Morgan fingerprint density at radius 1 is 1.15 bits per heavy atom. The van der Waals surface area contributed by atoms with Crippen molar-refractivity contribution in [1.82, 2.24) is 20.1 Å². The molecule has 0 saturated heterocycles. The summed E-state index contributed by atoms with van der Waals surface area (Å²) in [5.41, 5.74) is 1.96. The van der Waals surface area contributed by atoms with E-state index < -0.39 is 0 Å². The molecule has 0 aliphatic heterocycles. The van der Waals surface area contributed by atoms with Gasteiger partial charge in [-0.15, -0.1) is 0 Å². The molecule has 0 amide bonds. The van der Waals surface area contributed by atoms with E-state index in [4.69, 9.17) is 4.52 Å². The third-order valence-electron chi connectivity index (χ3n) is 2.76. The molecule has 3 aromatic rings. The molecular formula is C14H13N5O. The van der Waals surface area contributed by atoms with Crippen LogP contribution in [0.15, 0.2) is 47.4 Å². The molecule has 20 heavy (non-hydrogen) atoms. The second-order valence-electron chi connectivity index (χ2n) is 4.29. The number of hydrogen-bond donors (Lipinski definition) is 1. The quantitative estimate of drug-likeness (QED) is 0.782. The van der Waals surface area contributed by atoms with Gasteiger partial charge >= 0.3 is 0 Å². The fraction of sp³-hybridized carbons (Fsp3) is 0.143. The normalized spacial score (nSPS) is 10.4. The Morgan fingerprint density at radius 2 is 2.00 bits per heavy atom. The van der Waals surface area contributed by atoms with Crippen molar-refractivity contribution in [2.45, 2.75) is 13.5 Å². The van der Waals surface area contributed by atoms with Crippen LogP contribution in [0, 0.1) is 6.92 Å². The lowest BCUT2D eigenvalue weighted by Crippen LogP contribution is -2.01. The predicted molar refractivity (Wildman–Crippen MR) is 73.8 cm³/mol. The Bertz CT molecular complexity index is 678. The first-order valence-corrected chi connectivity index (χ1v) is 6.21. The van der Waals surface area contributed by atoms with Crippen LogP contribution in [-0.2, 0) is 6.54 Å². The molecule has 0 aliphatic carbocycles. The first-order chi connectivity index (χ1) is 9.81. The standard InChI is InChI=1S/C14H13N5O/c1-10-18-14(20-19-10)12-2-3-13(17-9-12)16-8-11-4-6-15-7-5-11/h2-7,9H,8H2,1H3,(H,16,17). The van der Waals surface area contributed by atoms with Crippen LogP contribution in [0.5, 0.6) is 0 Å². The minimum atomic E-state index is 0.482. The molecule has 0 spiro atoms. The van der Waals surface area contributed by atoms with Gasteiger partial charge in [-0.3, -0.25) is 4.98 Å². The van der Waals surface area contributed by atoms with Gasteiger partial charge in [0, 0.05) is 25.1 Å². The molecule has 100 valence electrons. The molecule has 3 heterocycles. The van der Waals surface area contributed by atoms with E-state index in [2.05, 4.69) is 25.4 Å². The fourth-order valence-corrected chi connectivity index (χ4v) is 1.73. The monoisotopic (exact) mass is 267 g/mol. The van der Waals surface area contributed by atoms with E-state index in [1.807, 2.05) is 24.3 Å². The average Bonchev–Trinajstić information content (AvgIpc) is 2.93.